The molecule has 0 spiro atoms. The summed E-state index contributed by atoms with van der Waals surface area (Å²) < 4.78 is 34.4. The zero-order valence-electron chi connectivity index (χ0n) is 32.3. The van der Waals surface area contributed by atoms with Crippen molar-refractivity contribution in [2.24, 2.45) is 17.3 Å². The number of rotatable bonds is 11. The molecule has 1 aliphatic rings. The first-order valence-corrected chi connectivity index (χ1v) is 18.8. The van der Waals surface area contributed by atoms with E-state index in [0.29, 0.717) is 23.2 Å². The van der Waals surface area contributed by atoms with Gasteiger partial charge in [-0.2, -0.15) is 30.0 Å². The fourth-order valence-electron chi connectivity index (χ4n) is 6.37. The first-order chi connectivity index (χ1) is 24.1. The van der Waals surface area contributed by atoms with Crippen LogP contribution in [0.2, 0.25) is 0 Å². The third-order valence-electron chi connectivity index (χ3n) is 8.99. The molecule has 5 rings (SSSR count). The number of nitrogens with two attached hydrogens (primary N) is 1. The normalized spacial score (nSPS) is 17.8. The average molecular weight is 734 g/mol. The van der Waals surface area contributed by atoms with Gasteiger partial charge in [-0.15, -0.1) is 10.4 Å². The minimum absolute atomic E-state index is 0. The maximum absolute atomic E-state index is 13.5. The van der Waals surface area contributed by atoms with Gasteiger partial charge >= 0.3 is 40.8 Å². The molecule has 0 bridgehead atoms. The molecule has 13 heteroatoms. The second kappa shape index (κ2) is 18.4. The number of aromatic carboxylic acids is 1. The second-order valence-corrected chi connectivity index (χ2v) is 16.3. The molecule has 1 saturated heterocycles. The van der Waals surface area contributed by atoms with Gasteiger partial charge in [-0.25, -0.2) is 4.79 Å². The van der Waals surface area contributed by atoms with Crippen LogP contribution >= 0.6 is 0 Å². The Morgan fingerprint density at radius 1 is 1.11 bits per heavy atom. The molecule has 278 valence electrons. The topological polar surface area (TPSA) is 161 Å². The number of carboxylic acids is 1. The number of quaternary nitrogens is 1. The van der Waals surface area contributed by atoms with Gasteiger partial charge < -0.3 is 44.7 Å². The second-order valence-electron chi connectivity index (χ2n) is 14.5. The Kier molecular flexibility index (Phi) is 15.1. The van der Waals surface area contributed by atoms with Crippen LogP contribution in [0.4, 0.5) is 5.95 Å². The third-order valence-corrected chi connectivity index (χ3v) is 10.4. The van der Waals surface area contributed by atoms with Crippen molar-refractivity contribution < 1.29 is 46.6 Å². The first kappa shape index (κ1) is 43.5. The molecule has 3 atom stereocenters. The van der Waals surface area contributed by atoms with Crippen LogP contribution in [-0.4, -0.2) is 52.1 Å². The Morgan fingerprint density at radius 3 is 2.43 bits per heavy atom. The van der Waals surface area contributed by atoms with Crippen molar-refractivity contribution >= 4 is 28.0 Å². The van der Waals surface area contributed by atoms with Crippen LogP contribution in [-0.2, 0) is 10.0 Å². The van der Waals surface area contributed by atoms with Crippen LogP contribution in [0.3, 0.4) is 0 Å². The summed E-state index contributed by atoms with van der Waals surface area (Å²) in [6.07, 6.45) is 12.9. The van der Waals surface area contributed by atoms with E-state index in [0.717, 1.165) is 52.4 Å². The van der Waals surface area contributed by atoms with Gasteiger partial charge in [0.1, 0.15) is 11.5 Å². The van der Waals surface area contributed by atoms with Gasteiger partial charge in [-0.05, 0) is 79.7 Å². The molecule has 0 radical (unpaired) electrons. The predicted molar refractivity (Wildman–Crippen MR) is 201 cm³/mol. The number of ether oxygens (including phenoxy) is 1. The number of hydrogen-bond acceptors (Lipinski definition) is 9. The SMILES string of the molecule is Cc1cccc(C)c1-c1cc(OC[C@@H]2N[C@H](c3cnc(C=[C-]C(C)(C)C)[c-]n3)CCCC2C(C)C)nc([NH2+]S(=O)(=O)c2cccc(C(=O)O)c2)n1.[CH3-].[Li+]. The number of aryl methyl sites for hydroxylation is 2. The van der Waals surface area contributed by atoms with Crippen LogP contribution in [0.5, 0.6) is 5.88 Å². The number of carboxylic acid groups (broad SMARTS) is 1. The molecule has 4 aromatic rings. The summed E-state index contributed by atoms with van der Waals surface area (Å²) in [5.41, 5.74) is 4.51. The van der Waals surface area contributed by atoms with E-state index in [9.17, 15) is 18.3 Å². The summed E-state index contributed by atoms with van der Waals surface area (Å²) in [6.45, 7) is 14.9. The zero-order valence-corrected chi connectivity index (χ0v) is 33.1. The summed E-state index contributed by atoms with van der Waals surface area (Å²) in [5, 5.41) is 13.2. The van der Waals surface area contributed by atoms with Gasteiger partial charge in [0, 0.05) is 23.7 Å². The van der Waals surface area contributed by atoms with Crippen molar-refractivity contribution in [1.29, 1.82) is 0 Å². The average Bonchev–Trinajstić information content (AvgIpc) is 3.29. The summed E-state index contributed by atoms with van der Waals surface area (Å²) in [7, 11) is -4.12. The number of primary sulfonamides is 1. The van der Waals surface area contributed by atoms with Crippen molar-refractivity contribution in [3.63, 3.8) is 0 Å². The molecule has 4 N–H and O–H groups in total. The van der Waals surface area contributed by atoms with E-state index in [4.69, 9.17) is 4.74 Å². The number of nitrogens with one attached hydrogen (secondary N) is 1. The number of benzene rings is 2. The molecule has 2 aromatic carbocycles. The number of aromatic nitrogens is 4. The van der Waals surface area contributed by atoms with E-state index in [1.165, 1.54) is 18.2 Å². The van der Waals surface area contributed by atoms with Gasteiger partial charge in [-0.1, -0.05) is 65.3 Å². The maximum Gasteiger partial charge on any atom is 1.00 e. The fourth-order valence-corrected chi connectivity index (χ4v) is 7.45. The number of allylic oxidation sites excluding steroid dienone is 1. The van der Waals surface area contributed by atoms with Crippen LogP contribution in [0.15, 0.2) is 59.6 Å². The summed E-state index contributed by atoms with van der Waals surface area (Å²) in [5.74, 6) is -0.397. The minimum Gasteiger partial charge on any atom is -0.478 e. The first-order valence-electron chi connectivity index (χ1n) is 17.2. The van der Waals surface area contributed by atoms with Crippen molar-refractivity contribution in [3.8, 4) is 17.1 Å². The minimum atomic E-state index is -4.12. The molecule has 1 aliphatic heterocycles. The van der Waals surface area contributed by atoms with Crippen LogP contribution in [0.1, 0.15) is 92.8 Å². The summed E-state index contributed by atoms with van der Waals surface area (Å²) in [6, 6.07) is 12.7. The standard InChI is InChI=1S/C39H46N6O5S.CH3.Li/c1-24(2)30-15-10-16-31(33-22-40-28(21-41-33)17-18-39(5,6)7)42-34(30)23-50-35-20-32(36-25(3)11-8-12-26(36)4)43-38(44-35)45-51(48,49)29-14-9-13-27(19-29)37(46)47;;/h8-9,11-14,17,19-20,22,24,30-31,34,42H,10,15-16,23H2,1-7H3,(H,46,47)(H,43,44,45);1H3;/q-2;-1;+1/p+1/t30?,31-,34-;;/m0../s1. The van der Waals surface area contributed by atoms with Gasteiger partial charge in [-0.3, -0.25) is 0 Å². The van der Waals surface area contributed by atoms with Crippen LogP contribution in [0, 0.1) is 50.8 Å². The van der Waals surface area contributed by atoms with Crippen LogP contribution < -0.4 is 33.6 Å². The Labute approximate surface area is 326 Å². The van der Waals surface area contributed by atoms with E-state index in [1.807, 2.05) is 38.1 Å². The molecule has 2 aromatic heterocycles. The number of hydrogen-bond donors (Lipinski definition) is 3. The molecule has 1 unspecified atom stereocenters. The Bertz CT molecular complexity index is 1980. The van der Waals surface area contributed by atoms with E-state index in [1.54, 1.807) is 12.3 Å². The monoisotopic (exact) mass is 733 g/mol. The molecule has 0 aliphatic carbocycles. The Balaban J connectivity index is 0.00000378. The van der Waals surface area contributed by atoms with Crippen LogP contribution in [0.25, 0.3) is 17.3 Å². The largest absolute Gasteiger partial charge is 1.00 e. The van der Waals surface area contributed by atoms with E-state index in [-0.39, 0.29) is 72.7 Å². The molecule has 1 fully saturated rings. The van der Waals surface area contributed by atoms with Gasteiger partial charge in [0.25, 0.3) is 0 Å². The van der Waals surface area contributed by atoms with Crippen molar-refractivity contribution in [2.75, 3.05) is 6.61 Å². The smallest absolute Gasteiger partial charge is 0.478 e. The quantitative estimate of drug-likeness (QED) is 0.154. The molecule has 3 heterocycles. The predicted octanol–water partition coefficient (Wildman–Crippen LogP) is 3.48. The van der Waals surface area contributed by atoms with Gasteiger partial charge in [0.2, 0.25) is 5.88 Å². The Hall–Kier alpha value is -3.92. The molecule has 0 saturated carbocycles. The van der Waals surface area contributed by atoms with Gasteiger partial charge in [0.05, 0.1) is 11.3 Å². The molecule has 0 amide bonds. The van der Waals surface area contributed by atoms with Crippen molar-refractivity contribution in [3.05, 3.63) is 103 Å². The maximum atomic E-state index is 13.5. The molecule has 53 heavy (non-hydrogen) atoms. The number of carbonyl (C=O) groups is 1. The number of sulfonamides is 1. The van der Waals surface area contributed by atoms with Crippen molar-refractivity contribution in [2.45, 2.75) is 84.7 Å². The van der Waals surface area contributed by atoms with Gasteiger partial charge in [0.15, 0.2) is 0 Å². The third kappa shape index (κ3) is 11.5. The zero-order chi connectivity index (χ0) is 36.9. The Morgan fingerprint density at radius 2 is 1.81 bits per heavy atom. The summed E-state index contributed by atoms with van der Waals surface area (Å²) in [4.78, 5) is 29.8. The number of nitrogens with zero attached hydrogens (tertiary/aromatic N) is 4. The molecular formula is C40H50LiN6O5S-. The van der Waals surface area contributed by atoms with E-state index < -0.39 is 16.0 Å². The van der Waals surface area contributed by atoms with E-state index in [2.05, 4.69) is 72.1 Å². The molecule has 11 nitrogen and oxygen atoms in total. The summed E-state index contributed by atoms with van der Waals surface area (Å²) >= 11 is 0. The molecular weight excluding hydrogens is 683 g/mol. The van der Waals surface area contributed by atoms with Crippen molar-refractivity contribution in [1.82, 2.24) is 25.3 Å². The van der Waals surface area contributed by atoms with E-state index >= 15 is 0 Å². The fraction of sp³-hybridized carbons (Fsp3) is 0.400.